The van der Waals surface area contributed by atoms with E-state index in [0.29, 0.717) is 33.7 Å². The fourth-order valence-corrected chi connectivity index (χ4v) is 4.63. The van der Waals surface area contributed by atoms with Crippen molar-refractivity contribution >= 4 is 44.3 Å². The number of anilines is 1. The first kappa shape index (κ1) is 20.5. The van der Waals surface area contributed by atoms with Gasteiger partial charge in [-0.05, 0) is 48.0 Å². The molecule has 0 saturated heterocycles. The smallest absolute Gasteiger partial charge is 0.294 e. The molecule has 0 bridgehead atoms. The standard InChI is InChI=1S/C25H15BrN2O6/c26-15-3-5-17-14(8-15)9-20(34-17)23(29)21-22(13-2-1-7-27-11-13)28(25(31)24(21)30)16-4-6-18-19(10-16)33-12-32-18/h1-11,22,30H,12H2. The summed E-state index contributed by atoms with van der Waals surface area (Å²) in [5.74, 6) is -0.903. The number of carbonyl (C=O) groups excluding carboxylic acids is 2. The maximum absolute atomic E-state index is 13.6. The van der Waals surface area contributed by atoms with Crippen LogP contribution in [0.3, 0.4) is 0 Å². The van der Waals surface area contributed by atoms with Gasteiger partial charge in [0.2, 0.25) is 12.6 Å². The molecule has 4 heterocycles. The number of carbonyl (C=O) groups is 2. The van der Waals surface area contributed by atoms with Crippen molar-refractivity contribution in [3.05, 3.63) is 94.1 Å². The molecule has 2 aliphatic heterocycles. The highest BCUT2D eigenvalue weighted by atomic mass is 79.9. The summed E-state index contributed by atoms with van der Waals surface area (Å²) >= 11 is 3.40. The lowest BCUT2D eigenvalue weighted by Crippen LogP contribution is -2.31. The second kappa shape index (κ2) is 7.74. The maximum Gasteiger partial charge on any atom is 0.294 e. The Kier molecular flexibility index (Phi) is 4.66. The SMILES string of the molecule is O=C(C1=C(O)C(=O)N(c2ccc3c(c2)OCO3)C1c1cccnc1)c1cc2cc(Br)ccc2o1. The van der Waals surface area contributed by atoms with Crippen LogP contribution in [-0.4, -0.2) is 28.6 Å². The minimum Gasteiger partial charge on any atom is -0.503 e. The Balaban J connectivity index is 1.48. The van der Waals surface area contributed by atoms with Gasteiger partial charge in [0.05, 0.1) is 11.6 Å². The highest BCUT2D eigenvalue weighted by molar-refractivity contribution is 9.10. The number of aromatic nitrogens is 1. The van der Waals surface area contributed by atoms with Gasteiger partial charge in [0.1, 0.15) is 5.58 Å². The van der Waals surface area contributed by atoms with E-state index in [9.17, 15) is 14.7 Å². The second-order valence-corrected chi connectivity index (χ2v) is 8.70. The molecule has 1 unspecified atom stereocenters. The number of fused-ring (bicyclic) bond motifs is 2. The van der Waals surface area contributed by atoms with Crippen molar-refractivity contribution in [1.29, 1.82) is 0 Å². The topological polar surface area (TPSA) is 102 Å². The van der Waals surface area contributed by atoms with E-state index < -0.39 is 23.5 Å². The van der Waals surface area contributed by atoms with E-state index in [0.717, 1.165) is 4.47 Å². The molecule has 0 spiro atoms. The zero-order chi connectivity index (χ0) is 23.4. The third-order valence-corrected chi connectivity index (χ3v) is 6.28. The number of halogens is 1. The van der Waals surface area contributed by atoms with Crippen molar-refractivity contribution in [1.82, 2.24) is 4.98 Å². The van der Waals surface area contributed by atoms with Gasteiger partial charge in [0, 0.05) is 34.0 Å². The van der Waals surface area contributed by atoms with Crippen LogP contribution in [0.5, 0.6) is 11.5 Å². The minimum atomic E-state index is -0.922. The van der Waals surface area contributed by atoms with E-state index in [2.05, 4.69) is 20.9 Å². The van der Waals surface area contributed by atoms with Gasteiger partial charge in [-0.1, -0.05) is 22.0 Å². The van der Waals surface area contributed by atoms with Gasteiger partial charge >= 0.3 is 0 Å². The van der Waals surface area contributed by atoms with Crippen molar-refractivity contribution in [2.24, 2.45) is 0 Å². The molecule has 1 amide bonds. The van der Waals surface area contributed by atoms with Gasteiger partial charge in [0.15, 0.2) is 23.0 Å². The number of Topliss-reactive ketones (excluding diaryl/α,β-unsaturated/α-hetero) is 1. The third-order valence-electron chi connectivity index (χ3n) is 5.79. The molecule has 1 atom stereocenters. The van der Waals surface area contributed by atoms with E-state index in [-0.39, 0.29) is 18.1 Å². The number of furan rings is 1. The molecule has 0 aliphatic carbocycles. The van der Waals surface area contributed by atoms with Crippen LogP contribution in [0.1, 0.15) is 22.2 Å². The molecule has 4 aromatic rings. The maximum atomic E-state index is 13.6. The molecular weight excluding hydrogens is 504 g/mol. The zero-order valence-corrected chi connectivity index (χ0v) is 19.0. The Morgan fingerprint density at radius 1 is 1.09 bits per heavy atom. The van der Waals surface area contributed by atoms with Gasteiger partial charge in [0.25, 0.3) is 5.91 Å². The van der Waals surface area contributed by atoms with Crippen molar-refractivity contribution in [2.75, 3.05) is 11.7 Å². The molecule has 168 valence electrons. The number of aliphatic hydroxyl groups is 1. The van der Waals surface area contributed by atoms with Gasteiger partial charge in [-0.15, -0.1) is 0 Å². The summed E-state index contributed by atoms with van der Waals surface area (Å²) in [6, 6.07) is 14.5. The van der Waals surface area contributed by atoms with Gasteiger partial charge < -0.3 is 19.0 Å². The number of rotatable bonds is 4. The summed E-state index contributed by atoms with van der Waals surface area (Å²) < 4.78 is 17.4. The van der Waals surface area contributed by atoms with Crippen LogP contribution in [0.15, 0.2) is 87.2 Å². The Hall–Kier alpha value is -4.11. The van der Waals surface area contributed by atoms with E-state index >= 15 is 0 Å². The molecule has 1 N–H and O–H groups in total. The third kappa shape index (κ3) is 3.16. The van der Waals surface area contributed by atoms with Crippen LogP contribution in [0.25, 0.3) is 11.0 Å². The molecule has 0 radical (unpaired) electrons. The van der Waals surface area contributed by atoms with Crippen LogP contribution in [0.2, 0.25) is 0 Å². The van der Waals surface area contributed by atoms with Crippen molar-refractivity contribution < 1.29 is 28.6 Å². The highest BCUT2D eigenvalue weighted by Gasteiger charge is 2.45. The van der Waals surface area contributed by atoms with Crippen molar-refractivity contribution in [3.8, 4) is 11.5 Å². The molecular formula is C25H15BrN2O6. The van der Waals surface area contributed by atoms with E-state index in [4.69, 9.17) is 13.9 Å². The van der Waals surface area contributed by atoms with Gasteiger partial charge in [-0.2, -0.15) is 0 Å². The predicted molar refractivity (Wildman–Crippen MR) is 125 cm³/mol. The molecule has 0 saturated carbocycles. The lowest BCUT2D eigenvalue weighted by Gasteiger charge is -2.26. The quantitative estimate of drug-likeness (QED) is 0.375. The predicted octanol–water partition coefficient (Wildman–Crippen LogP) is 5.10. The number of nitrogens with zero attached hydrogens (tertiary/aromatic N) is 2. The molecule has 2 aliphatic rings. The molecule has 9 heteroatoms. The van der Waals surface area contributed by atoms with E-state index in [1.54, 1.807) is 60.9 Å². The van der Waals surface area contributed by atoms with Crippen LogP contribution in [0.4, 0.5) is 5.69 Å². The first-order valence-corrected chi connectivity index (χ1v) is 11.1. The first-order chi connectivity index (χ1) is 16.5. The van der Waals surface area contributed by atoms with Gasteiger partial charge in [-0.25, -0.2) is 0 Å². The fraction of sp³-hybridized carbons (Fsp3) is 0.0800. The molecule has 2 aromatic heterocycles. The number of aliphatic hydroxyl groups excluding tert-OH is 1. The van der Waals surface area contributed by atoms with E-state index in [1.807, 2.05) is 6.07 Å². The molecule has 6 rings (SSSR count). The largest absolute Gasteiger partial charge is 0.503 e. The highest BCUT2D eigenvalue weighted by Crippen LogP contribution is 2.44. The number of ether oxygens (including phenoxy) is 2. The average molecular weight is 519 g/mol. The van der Waals surface area contributed by atoms with Crippen LogP contribution < -0.4 is 14.4 Å². The van der Waals surface area contributed by atoms with Crippen molar-refractivity contribution in [3.63, 3.8) is 0 Å². The number of pyridine rings is 1. The average Bonchev–Trinajstić information content (AvgIpc) is 3.55. The molecule has 0 fully saturated rings. The Labute approximate surface area is 201 Å². The normalized spacial score (nSPS) is 17.1. The Morgan fingerprint density at radius 2 is 1.94 bits per heavy atom. The minimum absolute atomic E-state index is 0.0175. The van der Waals surface area contributed by atoms with E-state index in [1.165, 1.54) is 4.90 Å². The lowest BCUT2D eigenvalue weighted by atomic mass is 9.96. The number of ketones is 1. The lowest BCUT2D eigenvalue weighted by molar-refractivity contribution is -0.117. The van der Waals surface area contributed by atoms with Crippen LogP contribution in [-0.2, 0) is 4.79 Å². The summed E-state index contributed by atoms with van der Waals surface area (Å²) in [5.41, 5.74) is 1.42. The van der Waals surface area contributed by atoms with Crippen LogP contribution >= 0.6 is 15.9 Å². The van der Waals surface area contributed by atoms with Crippen LogP contribution in [0, 0.1) is 0 Å². The number of hydrogen-bond acceptors (Lipinski definition) is 7. The monoisotopic (exact) mass is 518 g/mol. The molecule has 34 heavy (non-hydrogen) atoms. The fourth-order valence-electron chi connectivity index (χ4n) is 4.25. The first-order valence-electron chi connectivity index (χ1n) is 10.3. The summed E-state index contributed by atoms with van der Waals surface area (Å²) in [6.07, 6.45) is 3.15. The number of benzene rings is 2. The molecule has 2 aromatic carbocycles. The molecule has 8 nitrogen and oxygen atoms in total. The summed E-state index contributed by atoms with van der Waals surface area (Å²) in [5, 5.41) is 11.6. The summed E-state index contributed by atoms with van der Waals surface area (Å²) in [7, 11) is 0. The Bertz CT molecular complexity index is 1510. The van der Waals surface area contributed by atoms with Crippen molar-refractivity contribution in [2.45, 2.75) is 6.04 Å². The second-order valence-electron chi connectivity index (χ2n) is 7.79. The zero-order valence-electron chi connectivity index (χ0n) is 17.4. The summed E-state index contributed by atoms with van der Waals surface area (Å²) in [6.45, 7) is 0.0775. The number of hydrogen-bond donors (Lipinski definition) is 1. The number of amides is 1. The summed E-state index contributed by atoms with van der Waals surface area (Å²) in [4.78, 5) is 32.4. The van der Waals surface area contributed by atoms with Gasteiger partial charge in [-0.3, -0.25) is 19.5 Å². The Morgan fingerprint density at radius 3 is 2.76 bits per heavy atom.